The highest BCUT2D eigenvalue weighted by Crippen LogP contribution is 2.34. The first-order valence-corrected chi connectivity index (χ1v) is 6.50. The molecule has 0 saturated carbocycles. The smallest absolute Gasteiger partial charge is 0.261 e. The van der Waals surface area contributed by atoms with Crippen LogP contribution in [0.5, 0.6) is 5.75 Å². The van der Waals surface area contributed by atoms with Crippen molar-refractivity contribution in [3.05, 3.63) is 29.3 Å². The van der Waals surface area contributed by atoms with Gasteiger partial charge < -0.3 is 14.8 Å². The normalized spacial score (nSPS) is 15.4. The predicted octanol–water partition coefficient (Wildman–Crippen LogP) is 2.55. The Morgan fingerprint density at radius 2 is 2.26 bits per heavy atom. The average Bonchev–Trinajstić information content (AvgIpc) is 2.87. The third kappa shape index (κ3) is 3.64. The third-order valence-electron chi connectivity index (χ3n) is 3.26. The minimum Gasteiger partial charge on any atom is -0.493 e. The Morgan fingerprint density at radius 3 is 3.00 bits per heavy atom. The number of ether oxygens (including phenoxy) is 2. The van der Waals surface area contributed by atoms with Gasteiger partial charge in [0.25, 0.3) is 6.43 Å². The van der Waals surface area contributed by atoms with E-state index in [0.29, 0.717) is 19.6 Å². The SMILES string of the molecule is CNC(CCOCC(F)F)c1cccc2c1OCC2. The van der Waals surface area contributed by atoms with E-state index in [4.69, 9.17) is 9.47 Å². The number of benzene rings is 1. The quantitative estimate of drug-likeness (QED) is 0.773. The van der Waals surface area contributed by atoms with Gasteiger partial charge in [-0.25, -0.2) is 8.78 Å². The molecule has 2 rings (SSSR count). The number of para-hydroxylation sites is 1. The van der Waals surface area contributed by atoms with Gasteiger partial charge in [-0.3, -0.25) is 0 Å². The Balaban J connectivity index is 1.96. The zero-order valence-electron chi connectivity index (χ0n) is 11.0. The molecule has 1 aliphatic heterocycles. The fourth-order valence-electron chi connectivity index (χ4n) is 2.34. The molecule has 0 amide bonds. The summed E-state index contributed by atoms with van der Waals surface area (Å²) in [6, 6.07) is 6.14. The van der Waals surface area contributed by atoms with Crippen LogP contribution in [0.1, 0.15) is 23.6 Å². The Labute approximate surface area is 111 Å². The van der Waals surface area contributed by atoms with Crippen molar-refractivity contribution in [2.24, 2.45) is 0 Å². The number of halogens is 2. The molecule has 0 saturated heterocycles. The molecule has 19 heavy (non-hydrogen) atoms. The predicted molar refractivity (Wildman–Crippen MR) is 68.9 cm³/mol. The van der Waals surface area contributed by atoms with Crippen molar-refractivity contribution in [3.63, 3.8) is 0 Å². The summed E-state index contributed by atoms with van der Waals surface area (Å²) in [5.74, 6) is 0.940. The number of hydrogen-bond donors (Lipinski definition) is 1. The van der Waals surface area contributed by atoms with Crippen molar-refractivity contribution >= 4 is 0 Å². The van der Waals surface area contributed by atoms with E-state index in [1.807, 2.05) is 19.2 Å². The highest BCUT2D eigenvalue weighted by Gasteiger charge is 2.21. The van der Waals surface area contributed by atoms with E-state index in [1.165, 1.54) is 5.56 Å². The molecule has 1 unspecified atom stereocenters. The molecule has 0 spiro atoms. The molecule has 1 aromatic rings. The fourth-order valence-corrected chi connectivity index (χ4v) is 2.34. The van der Waals surface area contributed by atoms with Crippen LogP contribution in [-0.2, 0) is 11.2 Å². The van der Waals surface area contributed by atoms with Gasteiger partial charge in [0.15, 0.2) is 0 Å². The topological polar surface area (TPSA) is 30.5 Å². The molecule has 0 radical (unpaired) electrons. The van der Waals surface area contributed by atoms with Crippen molar-refractivity contribution in [2.45, 2.75) is 25.3 Å². The number of fused-ring (bicyclic) bond motifs is 1. The van der Waals surface area contributed by atoms with Gasteiger partial charge in [-0.2, -0.15) is 0 Å². The van der Waals surface area contributed by atoms with E-state index >= 15 is 0 Å². The molecule has 3 nitrogen and oxygen atoms in total. The second-order valence-corrected chi connectivity index (χ2v) is 4.53. The maximum absolute atomic E-state index is 12.0. The molecule has 0 aliphatic carbocycles. The first-order valence-electron chi connectivity index (χ1n) is 6.50. The van der Waals surface area contributed by atoms with E-state index in [9.17, 15) is 8.78 Å². The molecular weight excluding hydrogens is 252 g/mol. The average molecular weight is 271 g/mol. The van der Waals surface area contributed by atoms with Crippen LogP contribution in [0.15, 0.2) is 18.2 Å². The van der Waals surface area contributed by atoms with Crippen LogP contribution in [0.4, 0.5) is 8.78 Å². The Bertz CT molecular complexity index is 412. The number of nitrogens with one attached hydrogen (secondary N) is 1. The molecule has 1 aromatic carbocycles. The molecule has 0 aromatic heterocycles. The maximum Gasteiger partial charge on any atom is 0.261 e. The van der Waals surface area contributed by atoms with Crippen LogP contribution in [0.2, 0.25) is 0 Å². The highest BCUT2D eigenvalue weighted by molar-refractivity contribution is 5.45. The lowest BCUT2D eigenvalue weighted by atomic mass is 10.00. The zero-order chi connectivity index (χ0) is 13.7. The molecule has 5 heteroatoms. The van der Waals surface area contributed by atoms with E-state index in [2.05, 4.69) is 11.4 Å². The Hall–Kier alpha value is -1.20. The Kier molecular flexibility index (Phi) is 5.10. The van der Waals surface area contributed by atoms with Crippen molar-refractivity contribution in [3.8, 4) is 5.75 Å². The van der Waals surface area contributed by atoms with E-state index in [0.717, 1.165) is 17.7 Å². The highest BCUT2D eigenvalue weighted by atomic mass is 19.3. The number of hydrogen-bond acceptors (Lipinski definition) is 3. The van der Waals surface area contributed by atoms with Crippen molar-refractivity contribution in [1.82, 2.24) is 5.32 Å². The van der Waals surface area contributed by atoms with Gasteiger partial charge in [0.2, 0.25) is 0 Å². The van der Waals surface area contributed by atoms with Crippen LogP contribution < -0.4 is 10.1 Å². The van der Waals surface area contributed by atoms with Crippen molar-refractivity contribution in [1.29, 1.82) is 0 Å². The van der Waals surface area contributed by atoms with Gasteiger partial charge in [0.1, 0.15) is 12.4 Å². The zero-order valence-corrected chi connectivity index (χ0v) is 11.0. The molecule has 0 fully saturated rings. The number of rotatable bonds is 7. The maximum atomic E-state index is 12.0. The first-order chi connectivity index (χ1) is 9.22. The summed E-state index contributed by atoms with van der Waals surface area (Å²) in [4.78, 5) is 0. The molecule has 1 heterocycles. The molecule has 1 N–H and O–H groups in total. The van der Waals surface area contributed by atoms with Gasteiger partial charge >= 0.3 is 0 Å². The van der Waals surface area contributed by atoms with Crippen LogP contribution in [-0.4, -0.2) is 33.3 Å². The monoisotopic (exact) mass is 271 g/mol. The summed E-state index contributed by atoms with van der Waals surface area (Å²) in [5, 5.41) is 3.19. The van der Waals surface area contributed by atoms with E-state index in [-0.39, 0.29) is 6.04 Å². The fraction of sp³-hybridized carbons (Fsp3) is 0.571. The summed E-state index contributed by atoms with van der Waals surface area (Å²) < 4.78 is 34.6. The first kappa shape index (κ1) is 14.2. The largest absolute Gasteiger partial charge is 0.493 e. The lowest BCUT2D eigenvalue weighted by Gasteiger charge is -2.19. The minimum atomic E-state index is -2.41. The van der Waals surface area contributed by atoms with E-state index in [1.54, 1.807) is 0 Å². The lowest BCUT2D eigenvalue weighted by Crippen LogP contribution is -2.19. The Morgan fingerprint density at radius 1 is 1.42 bits per heavy atom. The molecule has 0 bridgehead atoms. The second-order valence-electron chi connectivity index (χ2n) is 4.53. The van der Waals surface area contributed by atoms with Crippen LogP contribution in [0.3, 0.4) is 0 Å². The summed E-state index contributed by atoms with van der Waals surface area (Å²) >= 11 is 0. The van der Waals surface area contributed by atoms with Crippen LogP contribution in [0.25, 0.3) is 0 Å². The van der Waals surface area contributed by atoms with Gasteiger partial charge in [-0.05, 0) is 19.0 Å². The molecule has 1 atom stereocenters. The van der Waals surface area contributed by atoms with Gasteiger partial charge in [0.05, 0.1) is 6.61 Å². The molecular formula is C14H19F2NO2. The van der Waals surface area contributed by atoms with Gasteiger partial charge in [0, 0.05) is 24.6 Å². The summed E-state index contributed by atoms with van der Waals surface area (Å²) in [5.41, 5.74) is 2.30. The molecule has 106 valence electrons. The van der Waals surface area contributed by atoms with Crippen molar-refractivity contribution in [2.75, 3.05) is 26.9 Å². The van der Waals surface area contributed by atoms with Crippen molar-refractivity contribution < 1.29 is 18.3 Å². The number of alkyl halides is 2. The third-order valence-corrected chi connectivity index (χ3v) is 3.26. The standard InChI is InChI=1S/C14H19F2NO2/c1-17-12(6-7-18-9-13(15)16)11-4-2-3-10-5-8-19-14(10)11/h2-4,12-13,17H,5-9H2,1H3. The minimum absolute atomic E-state index is 0.0609. The second kappa shape index (κ2) is 6.82. The van der Waals surface area contributed by atoms with Gasteiger partial charge in [-0.1, -0.05) is 18.2 Å². The molecule has 1 aliphatic rings. The van der Waals surface area contributed by atoms with E-state index < -0.39 is 13.0 Å². The lowest BCUT2D eigenvalue weighted by molar-refractivity contribution is 0.0145. The van der Waals surface area contributed by atoms with Crippen LogP contribution >= 0.6 is 0 Å². The van der Waals surface area contributed by atoms with Crippen LogP contribution in [0, 0.1) is 0 Å². The van der Waals surface area contributed by atoms with Gasteiger partial charge in [-0.15, -0.1) is 0 Å². The summed E-state index contributed by atoms with van der Waals surface area (Å²) in [6.07, 6.45) is -0.831. The summed E-state index contributed by atoms with van der Waals surface area (Å²) in [7, 11) is 1.85. The summed E-state index contributed by atoms with van der Waals surface area (Å²) in [6.45, 7) is 0.518.